The highest BCUT2D eigenvalue weighted by Crippen LogP contribution is 2.31. The molecule has 0 unspecified atom stereocenters. The van der Waals surface area contributed by atoms with Gasteiger partial charge in [-0.2, -0.15) is 0 Å². The third kappa shape index (κ3) is 6.37. The predicted molar refractivity (Wildman–Crippen MR) is 136 cm³/mol. The van der Waals surface area contributed by atoms with E-state index < -0.39 is 0 Å². The Kier molecular flexibility index (Phi) is 7.32. The molecule has 1 aliphatic rings. The van der Waals surface area contributed by atoms with E-state index in [-0.39, 0.29) is 5.82 Å². The molecule has 166 valence electrons. The quantitative estimate of drug-likeness (QED) is 0.364. The van der Waals surface area contributed by atoms with Gasteiger partial charge in [-0.15, -0.1) is 0 Å². The molecule has 0 bridgehead atoms. The molecule has 0 spiro atoms. The SMILES string of the molecule is Cc1ccc(C#Cc2ccc(C#Cc3ccc(CC4CCC(C)CC4)c(C)c3)cc2)c(F)c1. The van der Waals surface area contributed by atoms with Crippen LogP contribution in [0.5, 0.6) is 0 Å². The van der Waals surface area contributed by atoms with Crippen molar-refractivity contribution in [2.24, 2.45) is 11.8 Å². The molecule has 0 aliphatic heterocycles. The molecule has 4 rings (SSSR count). The monoisotopic (exact) mass is 434 g/mol. The summed E-state index contributed by atoms with van der Waals surface area (Å²) in [6.45, 7) is 6.45. The van der Waals surface area contributed by atoms with Gasteiger partial charge in [0.15, 0.2) is 0 Å². The van der Waals surface area contributed by atoms with Crippen LogP contribution in [0.25, 0.3) is 0 Å². The zero-order valence-electron chi connectivity index (χ0n) is 19.8. The number of aryl methyl sites for hydroxylation is 2. The average molecular weight is 435 g/mol. The van der Waals surface area contributed by atoms with Crippen LogP contribution in [0.15, 0.2) is 60.7 Å². The van der Waals surface area contributed by atoms with Gasteiger partial charge in [-0.3, -0.25) is 0 Å². The van der Waals surface area contributed by atoms with E-state index in [1.165, 1.54) is 49.3 Å². The van der Waals surface area contributed by atoms with E-state index in [1.54, 1.807) is 6.07 Å². The fraction of sp³-hybridized carbons (Fsp3) is 0.312. The Balaban J connectivity index is 1.40. The van der Waals surface area contributed by atoms with Crippen LogP contribution in [0.1, 0.15) is 71.6 Å². The average Bonchev–Trinajstić information content (AvgIpc) is 2.81. The van der Waals surface area contributed by atoms with Crippen LogP contribution >= 0.6 is 0 Å². The molecule has 0 atom stereocenters. The molecule has 0 radical (unpaired) electrons. The maximum atomic E-state index is 13.9. The summed E-state index contributed by atoms with van der Waals surface area (Å²) in [4.78, 5) is 0. The van der Waals surface area contributed by atoms with Crippen molar-refractivity contribution >= 4 is 0 Å². The second kappa shape index (κ2) is 10.6. The van der Waals surface area contributed by atoms with Crippen molar-refractivity contribution in [3.63, 3.8) is 0 Å². The van der Waals surface area contributed by atoms with E-state index in [4.69, 9.17) is 0 Å². The Hall–Kier alpha value is -3.29. The van der Waals surface area contributed by atoms with Crippen molar-refractivity contribution in [1.82, 2.24) is 0 Å². The minimum atomic E-state index is -0.278. The van der Waals surface area contributed by atoms with Crippen LogP contribution in [-0.2, 0) is 6.42 Å². The van der Waals surface area contributed by atoms with Crippen molar-refractivity contribution in [1.29, 1.82) is 0 Å². The summed E-state index contributed by atoms with van der Waals surface area (Å²) in [6.07, 6.45) is 6.67. The van der Waals surface area contributed by atoms with Crippen LogP contribution in [0.2, 0.25) is 0 Å². The molecule has 3 aromatic carbocycles. The van der Waals surface area contributed by atoms with E-state index in [9.17, 15) is 4.39 Å². The Bertz CT molecular complexity index is 1230. The molecule has 0 saturated heterocycles. The van der Waals surface area contributed by atoms with E-state index in [1.807, 2.05) is 37.3 Å². The molecule has 0 heterocycles. The van der Waals surface area contributed by atoms with E-state index >= 15 is 0 Å². The first-order valence-electron chi connectivity index (χ1n) is 12.0. The first-order valence-corrected chi connectivity index (χ1v) is 12.0. The summed E-state index contributed by atoms with van der Waals surface area (Å²) in [7, 11) is 0. The van der Waals surface area contributed by atoms with Gasteiger partial charge in [0.1, 0.15) is 5.82 Å². The summed E-state index contributed by atoms with van der Waals surface area (Å²) >= 11 is 0. The Morgan fingerprint density at radius 3 is 1.97 bits per heavy atom. The first-order chi connectivity index (χ1) is 16.0. The zero-order chi connectivity index (χ0) is 23.2. The van der Waals surface area contributed by atoms with Crippen LogP contribution in [0, 0.1) is 55.2 Å². The van der Waals surface area contributed by atoms with E-state index in [2.05, 4.69) is 55.7 Å². The standard InChI is InChI=1S/C32H31F/c1-23-4-7-29(8-5-23)22-31-19-16-28(21-25(31)3)14-13-26-9-11-27(12-10-26)15-18-30-17-6-24(2)20-32(30)33/h6,9-12,16-17,19-21,23,29H,4-5,7-8,22H2,1-3H3. The number of halogens is 1. The summed E-state index contributed by atoms with van der Waals surface area (Å²) in [5, 5.41) is 0. The smallest absolute Gasteiger partial charge is 0.139 e. The molecule has 1 fully saturated rings. The van der Waals surface area contributed by atoms with Crippen LogP contribution in [0.3, 0.4) is 0 Å². The molecule has 3 aromatic rings. The van der Waals surface area contributed by atoms with Gasteiger partial charge in [0.25, 0.3) is 0 Å². The third-order valence-electron chi connectivity index (χ3n) is 6.69. The second-order valence-corrected chi connectivity index (χ2v) is 9.53. The normalized spacial score (nSPS) is 17.5. The summed E-state index contributed by atoms with van der Waals surface area (Å²) in [6, 6.07) is 19.5. The van der Waals surface area contributed by atoms with Crippen LogP contribution in [-0.4, -0.2) is 0 Å². The number of rotatable bonds is 2. The molecular weight excluding hydrogens is 403 g/mol. The predicted octanol–water partition coefficient (Wildman–Crippen LogP) is 7.61. The van der Waals surface area contributed by atoms with Crippen LogP contribution < -0.4 is 0 Å². The summed E-state index contributed by atoms with van der Waals surface area (Å²) < 4.78 is 13.9. The van der Waals surface area contributed by atoms with Gasteiger partial charge in [-0.05, 0) is 110 Å². The lowest BCUT2D eigenvalue weighted by Gasteiger charge is -2.26. The minimum absolute atomic E-state index is 0.278. The lowest BCUT2D eigenvalue weighted by Crippen LogP contribution is -2.14. The highest BCUT2D eigenvalue weighted by Gasteiger charge is 2.18. The van der Waals surface area contributed by atoms with Crippen LogP contribution in [0.4, 0.5) is 4.39 Å². The molecule has 0 N–H and O–H groups in total. The Morgan fingerprint density at radius 1 is 0.727 bits per heavy atom. The lowest BCUT2D eigenvalue weighted by molar-refractivity contribution is 0.288. The topological polar surface area (TPSA) is 0 Å². The molecule has 33 heavy (non-hydrogen) atoms. The Morgan fingerprint density at radius 2 is 1.33 bits per heavy atom. The van der Waals surface area contributed by atoms with Crippen molar-refractivity contribution in [2.45, 2.75) is 52.9 Å². The molecule has 1 saturated carbocycles. The zero-order valence-corrected chi connectivity index (χ0v) is 19.8. The molecule has 1 heteroatoms. The first kappa shape index (κ1) is 22.9. The number of hydrogen-bond donors (Lipinski definition) is 0. The van der Waals surface area contributed by atoms with Gasteiger partial charge in [0.2, 0.25) is 0 Å². The molecule has 0 nitrogen and oxygen atoms in total. The van der Waals surface area contributed by atoms with Crippen molar-refractivity contribution < 1.29 is 4.39 Å². The van der Waals surface area contributed by atoms with E-state index in [0.717, 1.165) is 34.1 Å². The molecule has 0 aromatic heterocycles. The third-order valence-corrected chi connectivity index (χ3v) is 6.69. The maximum Gasteiger partial charge on any atom is 0.139 e. The largest absolute Gasteiger partial charge is 0.206 e. The van der Waals surface area contributed by atoms with Crippen molar-refractivity contribution in [2.75, 3.05) is 0 Å². The minimum Gasteiger partial charge on any atom is -0.206 e. The van der Waals surface area contributed by atoms with Crippen molar-refractivity contribution in [3.05, 3.63) is 105 Å². The van der Waals surface area contributed by atoms with Gasteiger partial charge in [0, 0.05) is 16.7 Å². The van der Waals surface area contributed by atoms with E-state index in [0.29, 0.717) is 5.56 Å². The van der Waals surface area contributed by atoms with Gasteiger partial charge >= 0.3 is 0 Å². The molecule has 1 aliphatic carbocycles. The fourth-order valence-electron chi connectivity index (χ4n) is 4.49. The van der Waals surface area contributed by atoms with Crippen molar-refractivity contribution in [3.8, 4) is 23.7 Å². The van der Waals surface area contributed by atoms with Gasteiger partial charge in [-0.1, -0.05) is 55.6 Å². The number of hydrogen-bond acceptors (Lipinski definition) is 0. The summed E-state index contributed by atoms with van der Waals surface area (Å²) in [5.74, 6) is 14.0. The number of benzene rings is 3. The van der Waals surface area contributed by atoms with Gasteiger partial charge < -0.3 is 0 Å². The van der Waals surface area contributed by atoms with Gasteiger partial charge in [-0.25, -0.2) is 4.39 Å². The maximum absolute atomic E-state index is 13.9. The Labute approximate surface area is 198 Å². The fourth-order valence-corrected chi connectivity index (χ4v) is 4.49. The van der Waals surface area contributed by atoms with Gasteiger partial charge in [0.05, 0.1) is 5.56 Å². The lowest BCUT2D eigenvalue weighted by atomic mass is 9.79. The highest BCUT2D eigenvalue weighted by molar-refractivity contribution is 5.49. The second-order valence-electron chi connectivity index (χ2n) is 9.53. The molecule has 0 amide bonds. The summed E-state index contributed by atoms with van der Waals surface area (Å²) in [5.41, 5.74) is 6.96. The molecular formula is C32H31F. The highest BCUT2D eigenvalue weighted by atomic mass is 19.1.